The molecule has 0 aliphatic rings. The third-order valence-electron chi connectivity index (χ3n) is 3.83. The quantitative estimate of drug-likeness (QED) is 0.669. The number of hydrogen-bond acceptors (Lipinski definition) is 7. The predicted molar refractivity (Wildman–Crippen MR) is 102 cm³/mol. The molecule has 0 unspecified atom stereocenters. The average Bonchev–Trinajstić information content (AvgIpc) is 3.11. The van der Waals surface area contributed by atoms with E-state index in [1.165, 1.54) is 29.2 Å². The Kier molecular flexibility index (Phi) is 5.43. The molecule has 0 aliphatic carbocycles. The Bertz CT molecular complexity index is 1130. The molecule has 146 valence electrons. The molecule has 1 aromatic carbocycles. The molecule has 1 N–H and O–H groups in total. The van der Waals surface area contributed by atoms with Gasteiger partial charge in [-0.25, -0.2) is 23.4 Å². The van der Waals surface area contributed by atoms with Gasteiger partial charge in [0.1, 0.15) is 6.33 Å². The monoisotopic (exact) mass is 420 g/mol. The topological polar surface area (TPSA) is 120 Å². The number of sulfone groups is 1. The van der Waals surface area contributed by atoms with Crippen LogP contribution < -0.4 is 5.32 Å². The maximum absolute atomic E-state index is 12.6. The normalized spacial score (nSPS) is 12.6. The first-order valence-electron chi connectivity index (χ1n) is 8.15. The van der Waals surface area contributed by atoms with Crippen LogP contribution in [0.4, 0.5) is 0 Å². The number of amides is 1. The summed E-state index contributed by atoms with van der Waals surface area (Å²) in [7, 11) is -3.51. The zero-order valence-corrected chi connectivity index (χ0v) is 16.9. The number of halogens is 1. The first-order chi connectivity index (χ1) is 13.1. The molecule has 9 nitrogen and oxygen atoms in total. The van der Waals surface area contributed by atoms with E-state index in [0.717, 1.165) is 11.8 Å². The standard InChI is InChI=1S/C17H17ClN6O3S/c1-10-7-19-17(20-8-10)24-15(21-9-22-24)11(2)23-16(25)12-4-13(18)6-14(5-12)28(3,26)27/h4-9,11H,1-3H3,(H,23,25)/t11-/m1/s1. The molecule has 11 heteroatoms. The largest absolute Gasteiger partial charge is 0.342 e. The third-order valence-corrected chi connectivity index (χ3v) is 5.14. The van der Waals surface area contributed by atoms with Gasteiger partial charge in [-0.1, -0.05) is 11.6 Å². The van der Waals surface area contributed by atoms with E-state index in [1.807, 2.05) is 6.92 Å². The van der Waals surface area contributed by atoms with E-state index < -0.39 is 21.8 Å². The first-order valence-corrected chi connectivity index (χ1v) is 10.4. The third kappa shape index (κ3) is 4.34. The van der Waals surface area contributed by atoms with Crippen molar-refractivity contribution in [2.75, 3.05) is 6.26 Å². The minimum Gasteiger partial charge on any atom is -0.342 e. The molecule has 2 aromatic heterocycles. The van der Waals surface area contributed by atoms with Crippen LogP contribution >= 0.6 is 11.6 Å². The van der Waals surface area contributed by atoms with Crippen molar-refractivity contribution in [3.63, 3.8) is 0 Å². The fourth-order valence-corrected chi connectivity index (χ4v) is 3.43. The van der Waals surface area contributed by atoms with E-state index in [4.69, 9.17) is 11.6 Å². The molecule has 28 heavy (non-hydrogen) atoms. The second-order valence-corrected chi connectivity index (χ2v) is 8.69. The van der Waals surface area contributed by atoms with Crippen molar-refractivity contribution < 1.29 is 13.2 Å². The molecule has 0 aliphatic heterocycles. The second-order valence-electron chi connectivity index (χ2n) is 6.23. The highest BCUT2D eigenvalue weighted by Gasteiger charge is 2.20. The molecular weight excluding hydrogens is 404 g/mol. The number of rotatable bonds is 5. The molecule has 1 atom stereocenters. The number of nitrogens with zero attached hydrogens (tertiary/aromatic N) is 5. The van der Waals surface area contributed by atoms with Gasteiger partial charge in [-0.05, 0) is 37.6 Å². The van der Waals surface area contributed by atoms with Gasteiger partial charge in [0.25, 0.3) is 11.9 Å². The van der Waals surface area contributed by atoms with Gasteiger partial charge in [-0.15, -0.1) is 0 Å². The Morgan fingerprint density at radius 1 is 1.18 bits per heavy atom. The highest BCUT2D eigenvalue weighted by atomic mass is 35.5. The molecule has 0 spiro atoms. The van der Waals surface area contributed by atoms with Crippen LogP contribution in [0.3, 0.4) is 0 Å². The Morgan fingerprint density at radius 2 is 1.86 bits per heavy atom. The fraction of sp³-hybridized carbons (Fsp3) is 0.235. The highest BCUT2D eigenvalue weighted by Crippen LogP contribution is 2.20. The molecule has 0 saturated heterocycles. The first kappa shape index (κ1) is 19.9. The van der Waals surface area contributed by atoms with Crippen LogP contribution in [-0.2, 0) is 9.84 Å². The van der Waals surface area contributed by atoms with Crippen LogP contribution in [0.5, 0.6) is 0 Å². The fourth-order valence-electron chi connectivity index (χ4n) is 2.45. The van der Waals surface area contributed by atoms with Gasteiger partial charge in [0.2, 0.25) is 0 Å². The van der Waals surface area contributed by atoms with Crippen LogP contribution in [0.2, 0.25) is 5.02 Å². The van der Waals surface area contributed by atoms with Crippen molar-refractivity contribution in [2.24, 2.45) is 0 Å². The number of nitrogens with one attached hydrogen (secondary N) is 1. The molecule has 3 rings (SSSR count). The van der Waals surface area contributed by atoms with Crippen molar-refractivity contribution in [3.05, 3.63) is 58.9 Å². The van der Waals surface area contributed by atoms with Crippen LogP contribution in [0.1, 0.15) is 34.7 Å². The molecule has 0 bridgehead atoms. The van der Waals surface area contributed by atoms with Crippen LogP contribution in [0, 0.1) is 6.92 Å². The number of hydrogen-bond donors (Lipinski definition) is 1. The summed E-state index contributed by atoms with van der Waals surface area (Å²) in [5.74, 6) is 0.239. The minimum absolute atomic E-state index is 0.0333. The van der Waals surface area contributed by atoms with E-state index >= 15 is 0 Å². The lowest BCUT2D eigenvalue weighted by Gasteiger charge is -2.14. The summed E-state index contributed by atoms with van der Waals surface area (Å²) in [6, 6.07) is 3.41. The minimum atomic E-state index is -3.51. The average molecular weight is 421 g/mol. The van der Waals surface area contributed by atoms with Gasteiger partial charge < -0.3 is 5.32 Å². The van der Waals surface area contributed by atoms with E-state index in [0.29, 0.717) is 11.8 Å². The Labute approximate surface area is 166 Å². The van der Waals surface area contributed by atoms with Gasteiger partial charge in [-0.3, -0.25) is 4.79 Å². The van der Waals surface area contributed by atoms with E-state index in [2.05, 4.69) is 25.4 Å². The van der Waals surface area contributed by atoms with Crippen molar-refractivity contribution in [1.82, 2.24) is 30.0 Å². The maximum Gasteiger partial charge on any atom is 0.252 e. The lowest BCUT2D eigenvalue weighted by molar-refractivity contribution is 0.0937. The van der Waals surface area contributed by atoms with E-state index in [9.17, 15) is 13.2 Å². The molecule has 1 amide bonds. The molecule has 0 saturated carbocycles. The van der Waals surface area contributed by atoms with Crippen molar-refractivity contribution in [3.8, 4) is 5.95 Å². The van der Waals surface area contributed by atoms with Crippen LogP contribution in [-0.4, -0.2) is 45.3 Å². The van der Waals surface area contributed by atoms with Gasteiger partial charge >= 0.3 is 0 Å². The lowest BCUT2D eigenvalue weighted by Crippen LogP contribution is -2.29. The lowest BCUT2D eigenvalue weighted by atomic mass is 10.2. The zero-order chi connectivity index (χ0) is 20.5. The van der Waals surface area contributed by atoms with Gasteiger partial charge in [-0.2, -0.15) is 9.78 Å². The molecular formula is C17H17ClN6O3S. The summed E-state index contributed by atoms with van der Waals surface area (Å²) in [4.78, 5) is 25.2. The summed E-state index contributed by atoms with van der Waals surface area (Å²) < 4.78 is 25.0. The van der Waals surface area contributed by atoms with E-state index in [-0.39, 0.29) is 15.5 Å². The zero-order valence-electron chi connectivity index (χ0n) is 15.3. The van der Waals surface area contributed by atoms with Crippen molar-refractivity contribution in [1.29, 1.82) is 0 Å². The van der Waals surface area contributed by atoms with Crippen molar-refractivity contribution in [2.45, 2.75) is 24.8 Å². The van der Waals surface area contributed by atoms with Crippen molar-refractivity contribution >= 4 is 27.3 Å². The van der Waals surface area contributed by atoms with E-state index in [1.54, 1.807) is 19.3 Å². The van der Waals surface area contributed by atoms with Crippen LogP contribution in [0.25, 0.3) is 5.95 Å². The highest BCUT2D eigenvalue weighted by molar-refractivity contribution is 7.90. The van der Waals surface area contributed by atoms with Gasteiger partial charge in [0, 0.05) is 29.2 Å². The Hall–Kier alpha value is -2.85. The van der Waals surface area contributed by atoms with Gasteiger partial charge in [0.15, 0.2) is 15.7 Å². The number of carbonyl (C=O) groups excluding carboxylic acids is 1. The Balaban J connectivity index is 1.86. The molecule has 3 aromatic rings. The molecule has 0 radical (unpaired) electrons. The smallest absolute Gasteiger partial charge is 0.252 e. The Morgan fingerprint density at radius 3 is 2.50 bits per heavy atom. The number of carbonyl (C=O) groups is 1. The summed E-state index contributed by atoms with van der Waals surface area (Å²) in [6.07, 6.45) is 5.68. The summed E-state index contributed by atoms with van der Waals surface area (Å²) in [6.45, 7) is 3.58. The predicted octanol–water partition coefficient (Wildman–Crippen LogP) is 1.91. The second kappa shape index (κ2) is 7.64. The van der Waals surface area contributed by atoms with Gasteiger partial charge in [0.05, 0.1) is 10.9 Å². The maximum atomic E-state index is 12.6. The number of aromatic nitrogens is 5. The number of aryl methyl sites for hydroxylation is 1. The number of benzene rings is 1. The van der Waals surface area contributed by atoms with Crippen LogP contribution in [0.15, 0.2) is 41.8 Å². The summed E-state index contributed by atoms with van der Waals surface area (Å²) in [5.41, 5.74) is 1.02. The summed E-state index contributed by atoms with van der Waals surface area (Å²) in [5, 5.41) is 7.01. The molecule has 2 heterocycles. The molecule has 0 fully saturated rings. The summed E-state index contributed by atoms with van der Waals surface area (Å²) >= 11 is 5.97. The SMILES string of the molecule is Cc1cnc(-n2ncnc2[C@@H](C)NC(=O)c2cc(Cl)cc(S(C)(=O)=O)c2)nc1.